The molecule has 0 aliphatic rings. The zero-order chi connectivity index (χ0) is 14.7. The first-order valence-electron chi connectivity index (χ1n) is 5.76. The zero-order valence-corrected chi connectivity index (χ0v) is 10.6. The number of nitrogens with zero attached hydrogens (tertiary/aromatic N) is 2. The Hall–Kier alpha value is -2.57. The summed E-state index contributed by atoms with van der Waals surface area (Å²) in [5.41, 5.74) is 0.565. The molecule has 0 spiro atoms. The smallest absolute Gasteiger partial charge is 0.298 e. The van der Waals surface area contributed by atoms with Crippen LogP contribution in [-0.2, 0) is 6.54 Å². The number of nitro groups is 1. The van der Waals surface area contributed by atoms with E-state index in [0.29, 0.717) is 17.8 Å². The summed E-state index contributed by atoms with van der Waals surface area (Å²) in [6, 6.07) is 4.81. The molecule has 2 aromatic rings. The van der Waals surface area contributed by atoms with Crippen LogP contribution in [0.1, 0.15) is 11.3 Å². The molecule has 0 aliphatic heterocycles. The Kier molecular flexibility index (Phi) is 3.88. The number of halogens is 2. The summed E-state index contributed by atoms with van der Waals surface area (Å²) in [5.74, 6) is -2.00. The maximum Gasteiger partial charge on any atom is 0.298 e. The van der Waals surface area contributed by atoms with Crippen molar-refractivity contribution in [3.63, 3.8) is 0 Å². The van der Waals surface area contributed by atoms with Crippen LogP contribution >= 0.6 is 0 Å². The summed E-state index contributed by atoms with van der Waals surface area (Å²) in [6.45, 7) is 1.97. The molecule has 1 aromatic carbocycles. The van der Waals surface area contributed by atoms with Crippen LogP contribution in [0.4, 0.5) is 20.2 Å². The van der Waals surface area contributed by atoms with Gasteiger partial charge in [0.05, 0.1) is 23.2 Å². The van der Waals surface area contributed by atoms with Gasteiger partial charge in [-0.15, -0.1) is 0 Å². The lowest BCUT2D eigenvalue weighted by atomic mass is 10.2. The number of nitrogens with one attached hydrogen (secondary N) is 1. The molecule has 1 N–H and O–H groups in total. The normalized spacial score (nSPS) is 10.3. The highest BCUT2D eigenvalue weighted by Gasteiger charge is 2.20. The average Bonchev–Trinajstić information content (AvgIpc) is 2.38. The molecule has 104 valence electrons. The van der Waals surface area contributed by atoms with Gasteiger partial charge in [0.1, 0.15) is 11.5 Å². The fourth-order valence-electron chi connectivity index (χ4n) is 1.66. The van der Waals surface area contributed by atoms with Crippen LogP contribution in [0.3, 0.4) is 0 Å². The molecule has 1 aromatic heterocycles. The summed E-state index contributed by atoms with van der Waals surface area (Å²) in [6.07, 6.45) is 1.63. The predicted octanol–water partition coefficient (Wildman–Crippen LogP) is 3.19. The Morgan fingerprint density at radius 3 is 2.70 bits per heavy atom. The lowest BCUT2D eigenvalue weighted by molar-refractivity contribution is -0.384. The van der Waals surface area contributed by atoms with Gasteiger partial charge in [-0.1, -0.05) is 6.07 Å². The van der Waals surface area contributed by atoms with Gasteiger partial charge >= 0.3 is 0 Å². The van der Waals surface area contributed by atoms with Crippen LogP contribution in [0.5, 0.6) is 0 Å². The number of aryl methyl sites for hydroxylation is 1. The number of pyridine rings is 1. The predicted molar refractivity (Wildman–Crippen MR) is 69.3 cm³/mol. The van der Waals surface area contributed by atoms with Crippen molar-refractivity contribution >= 4 is 11.4 Å². The largest absolute Gasteiger partial charge is 0.371 e. The number of benzene rings is 1. The van der Waals surface area contributed by atoms with Crippen molar-refractivity contribution in [3.8, 4) is 0 Å². The molecule has 0 unspecified atom stereocenters. The van der Waals surface area contributed by atoms with Crippen LogP contribution in [0.25, 0.3) is 0 Å². The standard InChI is InChI=1S/C13H11F2N3O2/c1-8-2-3-10(16-6-8)7-17-13-11(15)4-9(14)5-12(13)18(19)20/h2-6,17H,7H2,1H3. The van der Waals surface area contributed by atoms with Gasteiger partial charge in [-0.2, -0.15) is 0 Å². The Morgan fingerprint density at radius 2 is 2.10 bits per heavy atom. The van der Waals surface area contributed by atoms with Gasteiger partial charge in [-0.3, -0.25) is 15.1 Å². The zero-order valence-electron chi connectivity index (χ0n) is 10.6. The van der Waals surface area contributed by atoms with E-state index < -0.39 is 22.2 Å². The molecule has 7 heteroatoms. The number of hydrogen-bond acceptors (Lipinski definition) is 4. The molecule has 0 saturated carbocycles. The molecule has 0 fully saturated rings. The van der Waals surface area contributed by atoms with Crippen molar-refractivity contribution in [2.24, 2.45) is 0 Å². The number of rotatable bonds is 4. The van der Waals surface area contributed by atoms with Gasteiger partial charge in [-0.25, -0.2) is 8.78 Å². The summed E-state index contributed by atoms with van der Waals surface area (Å²) in [5, 5.41) is 13.4. The monoisotopic (exact) mass is 279 g/mol. The second-order valence-electron chi connectivity index (χ2n) is 4.22. The first-order chi connectivity index (χ1) is 9.47. The van der Waals surface area contributed by atoms with Crippen LogP contribution < -0.4 is 5.32 Å². The third-order valence-electron chi connectivity index (χ3n) is 2.65. The van der Waals surface area contributed by atoms with Gasteiger partial charge in [0.15, 0.2) is 5.82 Å². The summed E-state index contributed by atoms with van der Waals surface area (Å²) < 4.78 is 26.6. The SMILES string of the molecule is Cc1ccc(CNc2c(F)cc(F)cc2[N+](=O)[O-])nc1. The van der Waals surface area contributed by atoms with E-state index in [1.54, 1.807) is 12.3 Å². The van der Waals surface area contributed by atoms with E-state index in [-0.39, 0.29) is 12.2 Å². The number of aromatic nitrogens is 1. The minimum atomic E-state index is -1.01. The fraction of sp³-hybridized carbons (Fsp3) is 0.154. The Bertz CT molecular complexity index is 645. The number of nitro benzene ring substituents is 1. The van der Waals surface area contributed by atoms with Crippen molar-refractivity contribution in [1.29, 1.82) is 0 Å². The molecule has 0 atom stereocenters. The van der Waals surface area contributed by atoms with E-state index in [0.717, 1.165) is 5.56 Å². The van der Waals surface area contributed by atoms with E-state index >= 15 is 0 Å². The van der Waals surface area contributed by atoms with Gasteiger partial charge in [0.2, 0.25) is 0 Å². The van der Waals surface area contributed by atoms with Crippen LogP contribution in [0.15, 0.2) is 30.5 Å². The fourth-order valence-corrected chi connectivity index (χ4v) is 1.66. The van der Waals surface area contributed by atoms with E-state index in [9.17, 15) is 18.9 Å². The quantitative estimate of drug-likeness (QED) is 0.689. The number of anilines is 1. The first-order valence-corrected chi connectivity index (χ1v) is 5.76. The maximum atomic E-state index is 13.6. The van der Waals surface area contributed by atoms with Crippen LogP contribution in [-0.4, -0.2) is 9.91 Å². The molecule has 0 amide bonds. The number of hydrogen-bond donors (Lipinski definition) is 1. The molecule has 2 rings (SSSR count). The highest BCUT2D eigenvalue weighted by atomic mass is 19.1. The third-order valence-corrected chi connectivity index (χ3v) is 2.65. The summed E-state index contributed by atoms with van der Waals surface area (Å²) in [7, 11) is 0. The highest BCUT2D eigenvalue weighted by molar-refractivity contribution is 5.62. The second-order valence-corrected chi connectivity index (χ2v) is 4.22. The van der Waals surface area contributed by atoms with E-state index in [4.69, 9.17) is 0 Å². The Morgan fingerprint density at radius 1 is 1.35 bits per heavy atom. The molecule has 1 heterocycles. The van der Waals surface area contributed by atoms with E-state index in [1.165, 1.54) is 0 Å². The van der Waals surface area contributed by atoms with Gasteiger partial charge < -0.3 is 5.32 Å². The Labute approximate surface area is 113 Å². The van der Waals surface area contributed by atoms with Gasteiger partial charge in [0, 0.05) is 12.3 Å². The molecule has 0 saturated heterocycles. The summed E-state index contributed by atoms with van der Waals surface area (Å²) >= 11 is 0. The van der Waals surface area contributed by atoms with Crippen molar-refractivity contribution in [3.05, 3.63) is 63.5 Å². The van der Waals surface area contributed by atoms with Crippen LogP contribution in [0, 0.1) is 28.7 Å². The minimum Gasteiger partial charge on any atom is -0.371 e. The summed E-state index contributed by atoms with van der Waals surface area (Å²) in [4.78, 5) is 14.0. The molecule has 0 bridgehead atoms. The lowest BCUT2D eigenvalue weighted by Gasteiger charge is -2.08. The molecule has 0 radical (unpaired) electrons. The molecule has 5 nitrogen and oxygen atoms in total. The minimum absolute atomic E-state index is 0.101. The van der Waals surface area contributed by atoms with Crippen molar-refractivity contribution in [2.45, 2.75) is 13.5 Å². The second kappa shape index (κ2) is 5.60. The molecule has 0 aliphatic carbocycles. The van der Waals surface area contributed by atoms with Crippen molar-refractivity contribution in [1.82, 2.24) is 4.98 Å². The average molecular weight is 279 g/mol. The lowest BCUT2D eigenvalue weighted by Crippen LogP contribution is -2.06. The van der Waals surface area contributed by atoms with Crippen molar-refractivity contribution < 1.29 is 13.7 Å². The van der Waals surface area contributed by atoms with E-state index in [1.807, 2.05) is 13.0 Å². The molecular weight excluding hydrogens is 268 g/mol. The highest BCUT2D eigenvalue weighted by Crippen LogP contribution is 2.28. The van der Waals surface area contributed by atoms with E-state index in [2.05, 4.69) is 10.3 Å². The first kappa shape index (κ1) is 13.9. The van der Waals surface area contributed by atoms with Crippen LogP contribution in [0.2, 0.25) is 0 Å². The Balaban J connectivity index is 2.24. The van der Waals surface area contributed by atoms with Crippen molar-refractivity contribution in [2.75, 3.05) is 5.32 Å². The van der Waals surface area contributed by atoms with Gasteiger partial charge in [0.25, 0.3) is 5.69 Å². The topological polar surface area (TPSA) is 68.1 Å². The third kappa shape index (κ3) is 3.05. The maximum absolute atomic E-state index is 13.6. The molecular formula is C13H11F2N3O2. The molecule has 20 heavy (non-hydrogen) atoms. The van der Waals surface area contributed by atoms with Gasteiger partial charge in [-0.05, 0) is 18.6 Å².